The van der Waals surface area contributed by atoms with Crippen molar-refractivity contribution in [3.05, 3.63) is 32.6 Å². The third kappa shape index (κ3) is 2.07. The molecule has 0 radical (unpaired) electrons. The number of aliphatic hydroxyl groups is 1. The Kier molecular flexibility index (Phi) is 3.30. The topological polar surface area (TPSA) is 123 Å². The maximum atomic E-state index is 11.7. The van der Waals surface area contributed by atoms with Crippen molar-refractivity contribution in [1.82, 2.24) is 9.55 Å². The number of hydrazone groups is 1. The van der Waals surface area contributed by atoms with Gasteiger partial charge in [0.05, 0.1) is 12.3 Å². The van der Waals surface area contributed by atoms with Gasteiger partial charge in [-0.25, -0.2) is 4.79 Å². The monoisotopic (exact) mass is 254 g/mol. The molecule has 1 aliphatic heterocycles. The smallest absolute Gasteiger partial charge is 0.330 e. The summed E-state index contributed by atoms with van der Waals surface area (Å²) >= 11 is 0. The molecule has 1 fully saturated rings. The van der Waals surface area contributed by atoms with Gasteiger partial charge >= 0.3 is 5.69 Å². The largest absolute Gasteiger partial charge is 0.393 e. The van der Waals surface area contributed by atoms with Crippen molar-refractivity contribution in [3.8, 4) is 0 Å². The van der Waals surface area contributed by atoms with Crippen LogP contribution in [0.3, 0.4) is 0 Å². The van der Waals surface area contributed by atoms with Crippen molar-refractivity contribution < 1.29 is 9.84 Å². The Morgan fingerprint density at radius 1 is 1.67 bits per heavy atom. The second kappa shape index (κ2) is 4.75. The third-order valence-corrected chi connectivity index (χ3v) is 2.86. The summed E-state index contributed by atoms with van der Waals surface area (Å²) in [5, 5.41) is 12.6. The average molecular weight is 254 g/mol. The first-order valence-corrected chi connectivity index (χ1v) is 5.42. The molecule has 0 bridgehead atoms. The van der Waals surface area contributed by atoms with E-state index in [2.05, 4.69) is 10.1 Å². The van der Waals surface area contributed by atoms with Gasteiger partial charge in [0.2, 0.25) is 0 Å². The average Bonchev–Trinajstić information content (AvgIpc) is 2.76. The Balaban J connectivity index is 2.38. The Bertz CT molecular complexity index is 588. The van der Waals surface area contributed by atoms with Gasteiger partial charge in [-0.2, -0.15) is 5.10 Å². The van der Waals surface area contributed by atoms with E-state index in [0.29, 0.717) is 17.7 Å². The molecular weight excluding hydrogens is 240 g/mol. The molecule has 0 unspecified atom stereocenters. The van der Waals surface area contributed by atoms with Gasteiger partial charge in [-0.15, -0.1) is 0 Å². The van der Waals surface area contributed by atoms with Crippen LogP contribution in [0.15, 0.2) is 20.9 Å². The zero-order valence-corrected chi connectivity index (χ0v) is 9.79. The highest BCUT2D eigenvalue weighted by Crippen LogP contribution is 2.24. The SMILES string of the molecule is Cc1cn([C@H]2CC(=NN)[C@@H](CO)O2)c(=O)[nH]c1=O. The lowest BCUT2D eigenvalue weighted by atomic mass is 10.2. The van der Waals surface area contributed by atoms with E-state index >= 15 is 0 Å². The number of H-pyrrole nitrogens is 1. The van der Waals surface area contributed by atoms with E-state index in [9.17, 15) is 9.59 Å². The van der Waals surface area contributed by atoms with Crippen LogP contribution in [0.2, 0.25) is 0 Å². The number of nitrogens with zero attached hydrogens (tertiary/aromatic N) is 2. The number of aliphatic hydroxyl groups excluding tert-OH is 1. The normalized spacial score (nSPS) is 25.8. The van der Waals surface area contributed by atoms with Crippen molar-refractivity contribution in [3.63, 3.8) is 0 Å². The summed E-state index contributed by atoms with van der Waals surface area (Å²) in [4.78, 5) is 25.1. The number of rotatable bonds is 2. The van der Waals surface area contributed by atoms with E-state index in [-0.39, 0.29) is 6.61 Å². The van der Waals surface area contributed by atoms with Crippen LogP contribution in [0.4, 0.5) is 0 Å². The molecule has 18 heavy (non-hydrogen) atoms. The Morgan fingerprint density at radius 3 is 2.94 bits per heavy atom. The molecule has 2 atom stereocenters. The quantitative estimate of drug-likeness (QED) is 0.435. The van der Waals surface area contributed by atoms with E-state index in [4.69, 9.17) is 15.7 Å². The van der Waals surface area contributed by atoms with Crippen molar-refractivity contribution in [2.24, 2.45) is 10.9 Å². The van der Waals surface area contributed by atoms with Crippen molar-refractivity contribution in [1.29, 1.82) is 0 Å². The first-order chi connectivity index (χ1) is 8.56. The first kappa shape index (κ1) is 12.5. The van der Waals surface area contributed by atoms with Crippen molar-refractivity contribution >= 4 is 5.71 Å². The molecule has 8 nitrogen and oxygen atoms in total. The van der Waals surface area contributed by atoms with Crippen LogP contribution < -0.4 is 17.1 Å². The van der Waals surface area contributed by atoms with Crippen LogP contribution in [-0.4, -0.2) is 33.1 Å². The fraction of sp³-hybridized carbons (Fsp3) is 0.500. The van der Waals surface area contributed by atoms with Gasteiger partial charge in [0.1, 0.15) is 12.3 Å². The second-order valence-electron chi connectivity index (χ2n) is 4.07. The first-order valence-electron chi connectivity index (χ1n) is 5.42. The summed E-state index contributed by atoms with van der Waals surface area (Å²) in [5.74, 6) is 5.18. The third-order valence-electron chi connectivity index (χ3n) is 2.86. The van der Waals surface area contributed by atoms with Crippen LogP contribution in [0.25, 0.3) is 0 Å². The number of nitrogens with two attached hydrogens (primary N) is 1. The zero-order chi connectivity index (χ0) is 13.3. The Morgan fingerprint density at radius 2 is 2.39 bits per heavy atom. The summed E-state index contributed by atoms with van der Waals surface area (Å²) in [7, 11) is 0. The van der Waals surface area contributed by atoms with Crippen LogP contribution >= 0.6 is 0 Å². The van der Waals surface area contributed by atoms with Crippen LogP contribution in [-0.2, 0) is 4.74 Å². The predicted octanol–water partition coefficient (Wildman–Crippen LogP) is -1.56. The van der Waals surface area contributed by atoms with E-state index < -0.39 is 23.6 Å². The molecule has 0 spiro atoms. The molecule has 98 valence electrons. The van der Waals surface area contributed by atoms with E-state index in [0.717, 1.165) is 0 Å². The molecule has 0 saturated carbocycles. The zero-order valence-electron chi connectivity index (χ0n) is 9.79. The molecule has 1 aromatic heterocycles. The van der Waals surface area contributed by atoms with Crippen molar-refractivity contribution in [2.45, 2.75) is 25.7 Å². The molecule has 2 rings (SSSR count). The Hall–Kier alpha value is -1.93. The number of hydrogen-bond donors (Lipinski definition) is 3. The van der Waals surface area contributed by atoms with Gasteiger partial charge in [0.15, 0.2) is 0 Å². The highest BCUT2D eigenvalue weighted by Gasteiger charge is 2.32. The van der Waals surface area contributed by atoms with Gasteiger partial charge in [-0.05, 0) is 6.92 Å². The fourth-order valence-corrected chi connectivity index (χ4v) is 1.87. The summed E-state index contributed by atoms with van der Waals surface area (Å²) in [6.45, 7) is 1.33. The maximum Gasteiger partial charge on any atom is 0.330 e. The van der Waals surface area contributed by atoms with E-state index in [1.807, 2.05) is 0 Å². The standard InChI is InChI=1S/C10H14N4O4/c1-5-3-14(10(17)12-9(5)16)8-2-6(13-11)7(4-15)18-8/h3,7-8,15H,2,4,11H2,1H3,(H,12,16,17)/t7-,8-/m1/s1. The number of hydrogen-bond acceptors (Lipinski definition) is 6. The Labute approximate surface area is 102 Å². The summed E-state index contributed by atoms with van der Waals surface area (Å²) in [5.41, 5.74) is -0.110. The van der Waals surface area contributed by atoms with Gasteiger partial charge < -0.3 is 15.7 Å². The minimum atomic E-state index is -0.618. The highest BCUT2D eigenvalue weighted by atomic mass is 16.5. The summed E-state index contributed by atoms with van der Waals surface area (Å²) < 4.78 is 6.72. The minimum absolute atomic E-state index is 0.260. The number of aromatic amines is 1. The second-order valence-corrected chi connectivity index (χ2v) is 4.07. The lowest BCUT2D eigenvalue weighted by Crippen LogP contribution is -2.33. The van der Waals surface area contributed by atoms with E-state index in [1.54, 1.807) is 6.92 Å². The summed E-state index contributed by atoms with van der Waals surface area (Å²) in [6, 6.07) is 0. The minimum Gasteiger partial charge on any atom is -0.393 e. The summed E-state index contributed by atoms with van der Waals surface area (Å²) in [6.07, 6.45) is 0.485. The molecule has 1 aromatic rings. The molecule has 2 heterocycles. The van der Waals surface area contributed by atoms with E-state index in [1.165, 1.54) is 10.8 Å². The molecule has 1 saturated heterocycles. The van der Waals surface area contributed by atoms with Crippen LogP contribution in [0.1, 0.15) is 18.2 Å². The molecule has 0 amide bonds. The van der Waals surface area contributed by atoms with Gasteiger partial charge in [-0.1, -0.05) is 0 Å². The lowest BCUT2D eigenvalue weighted by molar-refractivity contribution is -0.0150. The molecule has 0 aliphatic carbocycles. The molecule has 4 N–H and O–H groups in total. The number of nitrogens with one attached hydrogen (secondary N) is 1. The molecule has 0 aromatic carbocycles. The number of ether oxygens (including phenoxy) is 1. The molecule has 1 aliphatic rings. The molecular formula is C10H14N4O4. The highest BCUT2D eigenvalue weighted by molar-refractivity contribution is 5.90. The van der Waals surface area contributed by atoms with Gasteiger partial charge in [-0.3, -0.25) is 14.3 Å². The number of aryl methyl sites for hydroxylation is 1. The van der Waals surface area contributed by atoms with Crippen LogP contribution in [0, 0.1) is 6.92 Å². The predicted molar refractivity (Wildman–Crippen MR) is 63.3 cm³/mol. The van der Waals surface area contributed by atoms with Gasteiger partial charge in [0, 0.05) is 18.2 Å². The lowest BCUT2D eigenvalue weighted by Gasteiger charge is -2.14. The van der Waals surface area contributed by atoms with Crippen LogP contribution in [0.5, 0.6) is 0 Å². The molecule has 8 heteroatoms. The number of aromatic nitrogens is 2. The van der Waals surface area contributed by atoms with Gasteiger partial charge in [0.25, 0.3) is 5.56 Å². The maximum absolute atomic E-state index is 11.7. The fourth-order valence-electron chi connectivity index (χ4n) is 1.87. The van der Waals surface area contributed by atoms with Crippen molar-refractivity contribution in [2.75, 3.05) is 6.61 Å².